The number of halogens is 4. The fraction of sp³-hybridized carbons (Fsp3) is 0.278. The molecule has 0 unspecified atom stereocenters. The predicted octanol–water partition coefficient (Wildman–Crippen LogP) is 4.40. The lowest BCUT2D eigenvalue weighted by Gasteiger charge is -2.15. The van der Waals surface area contributed by atoms with E-state index in [9.17, 15) is 26.4 Å². The van der Waals surface area contributed by atoms with Crippen molar-refractivity contribution in [2.45, 2.75) is 23.9 Å². The number of alkyl halides is 3. The minimum Gasteiger partial charge on any atom is -0.322 e. The summed E-state index contributed by atoms with van der Waals surface area (Å²) in [6.07, 6.45) is -3.04. The lowest BCUT2D eigenvalue weighted by Crippen LogP contribution is -2.27. The second-order valence-corrected chi connectivity index (χ2v) is 8.63. The van der Waals surface area contributed by atoms with Gasteiger partial charge in [-0.15, -0.1) is 0 Å². The Kier molecular flexibility index (Phi) is 5.69. The average Bonchev–Trinajstić information content (AvgIpc) is 3.18. The highest BCUT2D eigenvalue weighted by atomic mass is 35.5. The van der Waals surface area contributed by atoms with E-state index in [2.05, 4.69) is 5.32 Å². The van der Waals surface area contributed by atoms with Crippen molar-refractivity contribution >= 4 is 33.2 Å². The molecule has 0 atom stereocenters. The monoisotopic (exact) mass is 432 g/mol. The molecule has 0 spiro atoms. The molecule has 2 aromatic rings. The molecule has 1 N–H and O–H groups in total. The molecule has 1 saturated heterocycles. The van der Waals surface area contributed by atoms with Gasteiger partial charge >= 0.3 is 6.18 Å². The zero-order chi connectivity index (χ0) is 20.5. The van der Waals surface area contributed by atoms with Crippen LogP contribution in [0.4, 0.5) is 18.9 Å². The normalized spacial score (nSPS) is 15.6. The third-order valence-corrected chi connectivity index (χ3v) is 6.59. The standard InChI is InChI=1S/C18H16ClF3N2O3S/c19-16-8-5-13(11-15(16)18(20,21)22)23-17(25)12-3-6-14(7-4-12)28(26,27)24-9-1-2-10-24/h3-8,11H,1-2,9-10H2,(H,23,25). The third kappa shape index (κ3) is 4.31. The molecule has 1 heterocycles. The van der Waals surface area contributed by atoms with Crippen LogP contribution in [-0.4, -0.2) is 31.7 Å². The first kappa shape index (κ1) is 20.6. The maximum Gasteiger partial charge on any atom is 0.417 e. The van der Waals surface area contributed by atoms with Crippen molar-refractivity contribution in [3.05, 3.63) is 58.6 Å². The largest absolute Gasteiger partial charge is 0.417 e. The van der Waals surface area contributed by atoms with E-state index in [0.717, 1.165) is 25.0 Å². The summed E-state index contributed by atoms with van der Waals surface area (Å²) in [5.74, 6) is -0.666. The molecule has 1 fully saturated rings. The van der Waals surface area contributed by atoms with Crippen LogP contribution in [0.3, 0.4) is 0 Å². The van der Waals surface area contributed by atoms with Gasteiger partial charge in [0.2, 0.25) is 10.0 Å². The second-order valence-electron chi connectivity index (χ2n) is 6.28. The highest BCUT2D eigenvalue weighted by Gasteiger charge is 2.33. The minimum absolute atomic E-state index is 0.0665. The van der Waals surface area contributed by atoms with Crippen LogP contribution in [0.5, 0.6) is 0 Å². The zero-order valence-corrected chi connectivity index (χ0v) is 16.0. The highest BCUT2D eigenvalue weighted by molar-refractivity contribution is 7.89. The smallest absolute Gasteiger partial charge is 0.322 e. The van der Waals surface area contributed by atoms with E-state index >= 15 is 0 Å². The molecular formula is C18H16ClF3N2O3S. The Morgan fingerprint density at radius 2 is 1.64 bits per heavy atom. The van der Waals surface area contributed by atoms with Gasteiger partial charge in [0.1, 0.15) is 0 Å². The number of nitrogens with zero attached hydrogens (tertiary/aromatic N) is 1. The van der Waals surface area contributed by atoms with Crippen molar-refractivity contribution in [3.8, 4) is 0 Å². The number of hydrogen-bond donors (Lipinski definition) is 1. The highest BCUT2D eigenvalue weighted by Crippen LogP contribution is 2.36. The fourth-order valence-electron chi connectivity index (χ4n) is 2.88. The molecule has 0 radical (unpaired) electrons. The second kappa shape index (κ2) is 7.73. The summed E-state index contributed by atoms with van der Waals surface area (Å²) in [4.78, 5) is 12.4. The molecule has 1 amide bonds. The van der Waals surface area contributed by atoms with Crippen molar-refractivity contribution in [2.24, 2.45) is 0 Å². The number of hydrogen-bond acceptors (Lipinski definition) is 3. The Labute approximate surface area is 165 Å². The van der Waals surface area contributed by atoms with Crippen LogP contribution < -0.4 is 5.32 Å². The Morgan fingerprint density at radius 3 is 2.21 bits per heavy atom. The molecule has 10 heteroatoms. The minimum atomic E-state index is -4.65. The number of carbonyl (C=O) groups is 1. The maximum atomic E-state index is 12.9. The SMILES string of the molecule is O=C(Nc1ccc(Cl)c(C(F)(F)F)c1)c1ccc(S(=O)(=O)N2CCCC2)cc1. The summed E-state index contributed by atoms with van der Waals surface area (Å²) in [5.41, 5.74) is -1.02. The summed E-state index contributed by atoms with van der Waals surface area (Å²) in [7, 11) is -3.60. The van der Waals surface area contributed by atoms with E-state index in [1.165, 1.54) is 34.6 Å². The third-order valence-electron chi connectivity index (χ3n) is 4.35. The van der Waals surface area contributed by atoms with Crippen LogP contribution in [-0.2, 0) is 16.2 Å². The van der Waals surface area contributed by atoms with E-state index in [4.69, 9.17) is 11.6 Å². The first-order valence-corrected chi connectivity index (χ1v) is 10.2. The van der Waals surface area contributed by atoms with E-state index in [1.54, 1.807) is 0 Å². The fourth-order valence-corrected chi connectivity index (χ4v) is 4.62. The van der Waals surface area contributed by atoms with Gasteiger partial charge in [-0.05, 0) is 55.3 Å². The van der Waals surface area contributed by atoms with Crippen LogP contribution in [0, 0.1) is 0 Å². The Morgan fingerprint density at radius 1 is 1.04 bits per heavy atom. The van der Waals surface area contributed by atoms with Gasteiger partial charge in [-0.3, -0.25) is 4.79 Å². The van der Waals surface area contributed by atoms with Crippen molar-refractivity contribution in [1.29, 1.82) is 0 Å². The van der Waals surface area contributed by atoms with Crippen LogP contribution in [0.2, 0.25) is 5.02 Å². The van der Waals surface area contributed by atoms with Gasteiger partial charge in [-0.2, -0.15) is 17.5 Å². The van der Waals surface area contributed by atoms with Gasteiger partial charge in [0.25, 0.3) is 5.91 Å². The van der Waals surface area contributed by atoms with E-state index in [0.29, 0.717) is 13.1 Å². The lowest BCUT2D eigenvalue weighted by molar-refractivity contribution is -0.137. The molecule has 0 aliphatic carbocycles. The van der Waals surface area contributed by atoms with Gasteiger partial charge in [-0.25, -0.2) is 8.42 Å². The number of rotatable bonds is 4. The number of sulfonamides is 1. The van der Waals surface area contributed by atoms with Gasteiger partial charge in [0.05, 0.1) is 15.5 Å². The number of anilines is 1. The molecule has 28 heavy (non-hydrogen) atoms. The summed E-state index contributed by atoms with van der Waals surface area (Å²) in [5, 5.41) is 1.88. The molecule has 5 nitrogen and oxygen atoms in total. The van der Waals surface area contributed by atoms with Crippen molar-refractivity contribution in [1.82, 2.24) is 4.31 Å². The van der Waals surface area contributed by atoms with Gasteiger partial charge in [-0.1, -0.05) is 11.6 Å². The van der Waals surface area contributed by atoms with Crippen LogP contribution in [0.15, 0.2) is 47.4 Å². The molecule has 150 valence electrons. The summed E-state index contributed by atoms with van der Waals surface area (Å²) < 4.78 is 65.1. The first-order valence-electron chi connectivity index (χ1n) is 8.37. The molecule has 1 aliphatic heterocycles. The Hall–Kier alpha value is -2.10. The van der Waals surface area contributed by atoms with Crippen molar-refractivity contribution < 1.29 is 26.4 Å². The molecule has 2 aromatic carbocycles. The van der Waals surface area contributed by atoms with Crippen molar-refractivity contribution in [2.75, 3.05) is 18.4 Å². The molecular weight excluding hydrogens is 417 g/mol. The van der Waals surface area contributed by atoms with E-state index < -0.39 is 32.7 Å². The summed E-state index contributed by atoms with van der Waals surface area (Å²) in [6, 6.07) is 8.30. The zero-order valence-electron chi connectivity index (χ0n) is 14.5. The topological polar surface area (TPSA) is 66.5 Å². The van der Waals surface area contributed by atoms with Crippen molar-refractivity contribution in [3.63, 3.8) is 0 Å². The number of benzene rings is 2. The lowest BCUT2D eigenvalue weighted by atomic mass is 10.1. The number of carbonyl (C=O) groups excluding carboxylic acids is 1. The van der Waals surface area contributed by atoms with Crippen LogP contribution >= 0.6 is 11.6 Å². The molecule has 3 rings (SSSR count). The molecule has 0 aromatic heterocycles. The van der Waals surface area contributed by atoms with Crippen LogP contribution in [0.1, 0.15) is 28.8 Å². The van der Waals surface area contributed by atoms with Gasteiger partial charge in [0, 0.05) is 24.3 Å². The van der Waals surface area contributed by atoms with E-state index in [-0.39, 0.29) is 16.1 Å². The molecule has 0 bridgehead atoms. The number of nitrogens with one attached hydrogen (secondary N) is 1. The summed E-state index contributed by atoms with van der Waals surface area (Å²) >= 11 is 5.55. The molecule has 1 aliphatic rings. The summed E-state index contributed by atoms with van der Waals surface area (Å²) in [6.45, 7) is 0.922. The maximum absolute atomic E-state index is 12.9. The number of amides is 1. The molecule has 0 saturated carbocycles. The first-order chi connectivity index (χ1) is 13.1. The quantitative estimate of drug-likeness (QED) is 0.779. The van der Waals surface area contributed by atoms with Gasteiger partial charge < -0.3 is 5.32 Å². The van der Waals surface area contributed by atoms with Crippen LogP contribution in [0.25, 0.3) is 0 Å². The Balaban J connectivity index is 1.77. The van der Waals surface area contributed by atoms with E-state index in [1.807, 2.05) is 0 Å². The predicted molar refractivity (Wildman–Crippen MR) is 98.8 cm³/mol. The average molecular weight is 433 g/mol. The Bertz CT molecular complexity index is 986. The van der Waals surface area contributed by atoms with Gasteiger partial charge in [0.15, 0.2) is 0 Å².